The zero-order valence-electron chi connectivity index (χ0n) is 18.7. The minimum absolute atomic E-state index is 0.131. The van der Waals surface area contributed by atoms with Crippen molar-refractivity contribution in [1.82, 2.24) is 14.5 Å². The Bertz CT molecular complexity index is 1390. The molecule has 188 valence electrons. The molecule has 2 fully saturated rings. The van der Waals surface area contributed by atoms with Crippen molar-refractivity contribution in [3.8, 4) is 0 Å². The normalized spacial score (nSPS) is 19.2. The first-order chi connectivity index (χ1) is 17.1. The third kappa shape index (κ3) is 4.06. The number of carbonyl (C=O) groups excluding carboxylic acids is 2. The van der Waals surface area contributed by atoms with E-state index in [-0.39, 0.29) is 5.56 Å². The van der Waals surface area contributed by atoms with Crippen LogP contribution in [0.15, 0.2) is 42.7 Å². The molecule has 0 bridgehead atoms. The number of urea groups is 1. The molecule has 0 radical (unpaired) electrons. The minimum Gasteiger partial charge on any atom is -0.481 e. The molecule has 0 spiro atoms. The Morgan fingerprint density at radius 3 is 2.56 bits per heavy atom. The number of halogens is 4. The highest BCUT2D eigenvalue weighted by Crippen LogP contribution is 2.38. The highest BCUT2D eigenvalue weighted by molar-refractivity contribution is 6.32. The van der Waals surface area contributed by atoms with Crippen LogP contribution < -0.4 is 4.90 Å². The Hall–Kier alpha value is -3.60. The fourth-order valence-electron chi connectivity index (χ4n) is 4.55. The van der Waals surface area contributed by atoms with Gasteiger partial charge in [0.15, 0.2) is 5.92 Å². The van der Waals surface area contributed by atoms with Gasteiger partial charge in [-0.15, -0.1) is 0 Å². The summed E-state index contributed by atoms with van der Waals surface area (Å²) in [6, 6.07) is 7.71. The lowest BCUT2D eigenvalue weighted by Gasteiger charge is -2.37. The number of carbonyl (C=O) groups is 3. The second kappa shape index (κ2) is 8.81. The second-order valence-corrected chi connectivity index (χ2v) is 9.27. The number of aromatic nitrogens is 2. The molecule has 1 saturated carbocycles. The van der Waals surface area contributed by atoms with Crippen LogP contribution in [-0.2, 0) is 22.3 Å². The van der Waals surface area contributed by atoms with Gasteiger partial charge in [-0.05, 0) is 49.1 Å². The van der Waals surface area contributed by atoms with Gasteiger partial charge in [-0.2, -0.15) is 13.2 Å². The molecule has 1 aliphatic carbocycles. The summed E-state index contributed by atoms with van der Waals surface area (Å²) in [5.74, 6) is -4.07. The van der Waals surface area contributed by atoms with Crippen LogP contribution in [0, 0.1) is 5.92 Å². The van der Waals surface area contributed by atoms with Gasteiger partial charge < -0.3 is 9.67 Å². The van der Waals surface area contributed by atoms with Crippen LogP contribution in [0.4, 0.5) is 23.7 Å². The van der Waals surface area contributed by atoms with Gasteiger partial charge in [0.25, 0.3) is 0 Å². The maximum Gasteiger partial charge on any atom is 0.417 e. The summed E-state index contributed by atoms with van der Waals surface area (Å²) >= 11 is 5.96. The Morgan fingerprint density at radius 2 is 1.92 bits per heavy atom. The van der Waals surface area contributed by atoms with Crippen molar-refractivity contribution < 1.29 is 32.7 Å². The lowest BCUT2D eigenvalue weighted by molar-refractivity contribution is -0.150. The van der Waals surface area contributed by atoms with E-state index in [1.165, 1.54) is 6.07 Å². The van der Waals surface area contributed by atoms with Crippen molar-refractivity contribution >= 4 is 46.2 Å². The van der Waals surface area contributed by atoms with Gasteiger partial charge >= 0.3 is 18.2 Å². The molecule has 3 aromatic rings. The van der Waals surface area contributed by atoms with E-state index in [4.69, 9.17) is 11.6 Å². The number of imide groups is 1. The van der Waals surface area contributed by atoms with Crippen LogP contribution in [-0.4, -0.2) is 44.0 Å². The fraction of sp³-hybridized carbons (Fsp3) is 0.333. The van der Waals surface area contributed by atoms with Gasteiger partial charge in [0, 0.05) is 18.3 Å². The van der Waals surface area contributed by atoms with Crippen LogP contribution >= 0.6 is 11.6 Å². The molecule has 12 heteroatoms. The molecule has 2 aliphatic rings. The topological polar surface area (TPSA) is 95.7 Å². The number of fused-ring (bicyclic) bond motifs is 1. The van der Waals surface area contributed by atoms with E-state index in [2.05, 4.69) is 9.55 Å². The van der Waals surface area contributed by atoms with Crippen LogP contribution in [0.2, 0.25) is 5.02 Å². The number of hydrogen-bond donors (Lipinski definition) is 1. The quantitative estimate of drug-likeness (QED) is 0.472. The summed E-state index contributed by atoms with van der Waals surface area (Å²) in [6.07, 6.45) is 0.223. The van der Waals surface area contributed by atoms with Gasteiger partial charge in [-0.25, -0.2) is 9.78 Å². The van der Waals surface area contributed by atoms with Crippen LogP contribution in [0.3, 0.4) is 0 Å². The third-order valence-electron chi connectivity index (χ3n) is 6.74. The van der Waals surface area contributed by atoms with E-state index in [1.807, 2.05) is 0 Å². The van der Waals surface area contributed by atoms with E-state index < -0.39 is 53.7 Å². The van der Waals surface area contributed by atoms with Gasteiger partial charge in [0.2, 0.25) is 5.91 Å². The summed E-state index contributed by atoms with van der Waals surface area (Å²) in [6.45, 7) is -1.03. The standard InChI is InChI=1S/C24H20ClF3N4O4/c25-20-13(3-1-6-17(20)24(26,27)28)10-31-21(33)16(22(34)35)11-30(23(31)36)15-7-8-19-18(9-15)29-12-32(19)14-4-2-5-14/h1,3,6-9,12,14,16H,2,4-5,10-11H2,(H,34,35). The number of hydrogen-bond acceptors (Lipinski definition) is 4. The van der Waals surface area contributed by atoms with E-state index >= 15 is 0 Å². The van der Waals surface area contributed by atoms with Gasteiger partial charge in [-0.3, -0.25) is 19.4 Å². The summed E-state index contributed by atoms with van der Waals surface area (Å²) < 4.78 is 41.9. The Morgan fingerprint density at radius 1 is 1.17 bits per heavy atom. The van der Waals surface area contributed by atoms with Crippen LogP contribution in [0.5, 0.6) is 0 Å². The molecule has 8 nitrogen and oxygen atoms in total. The fourth-order valence-corrected chi connectivity index (χ4v) is 4.84. The van der Waals surface area contributed by atoms with Crippen molar-refractivity contribution in [1.29, 1.82) is 0 Å². The highest BCUT2D eigenvalue weighted by atomic mass is 35.5. The lowest BCUT2D eigenvalue weighted by Crippen LogP contribution is -2.58. The SMILES string of the molecule is O=C(O)C1CN(c2ccc3c(c2)ncn3C2CCC2)C(=O)N(Cc2cccc(C(F)(F)F)c2Cl)C1=O. The molecule has 1 N–H and O–H groups in total. The Labute approximate surface area is 207 Å². The maximum atomic E-state index is 13.4. The Kier molecular flexibility index (Phi) is 5.90. The predicted octanol–water partition coefficient (Wildman–Crippen LogP) is 5.10. The van der Waals surface area contributed by atoms with Crippen LogP contribution in [0.1, 0.15) is 36.4 Å². The molecule has 1 aliphatic heterocycles. The molecule has 2 heterocycles. The number of carboxylic acids is 1. The number of nitrogens with zero attached hydrogens (tertiary/aromatic N) is 4. The number of aliphatic carboxylic acids is 1. The van der Waals surface area contributed by atoms with Gasteiger partial charge in [-0.1, -0.05) is 23.7 Å². The van der Waals surface area contributed by atoms with Gasteiger partial charge in [0.1, 0.15) is 0 Å². The number of anilines is 1. The number of carboxylic acid groups (broad SMARTS) is 1. The lowest BCUT2D eigenvalue weighted by atomic mass is 9.93. The van der Waals surface area contributed by atoms with Crippen molar-refractivity contribution in [2.24, 2.45) is 5.92 Å². The molecular weight excluding hydrogens is 501 g/mol. The molecule has 2 aromatic carbocycles. The predicted molar refractivity (Wildman–Crippen MR) is 123 cm³/mol. The van der Waals surface area contributed by atoms with Crippen LogP contribution in [0.25, 0.3) is 11.0 Å². The maximum absolute atomic E-state index is 13.4. The highest BCUT2D eigenvalue weighted by Gasteiger charge is 2.44. The molecule has 1 aromatic heterocycles. The summed E-state index contributed by atoms with van der Waals surface area (Å²) in [7, 11) is 0. The first-order valence-corrected chi connectivity index (χ1v) is 11.6. The average Bonchev–Trinajstić information content (AvgIpc) is 3.18. The molecule has 1 unspecified atom stereocenters. The van der Waals surface area contributed by atoms with Crippen molar-refractivity contribution in [3.63, 3.8) is 0 Å². The zero-order chi connectivity index (χ0) is 25.8. The molecular formula is C24H20ClF3N4O4. The van der Waals surface area contributed by atoms with E-state index in [1.54, 1.807) is 24.5 Å². The molecule has 1 atom stereocenters. The van der Waals surface area contributed by atoms with E-state index in [0.29, 0.717) is 22.1 Å². The van der Waals surface area contributed by atoms with Crippen molar-refractivity contribution in [2.75, 3.05) is 11.4 Å². The Balaban J connectivity index is 1.49. The zero-order valence-corrected chi connectivity index (χ0v) is 19.5. The second-order valence-electron chi connectivity index (χ2n) is 8.89. The first-order valence-electron chi connectivity index (χ1n) is 11.2. The molecule has 5 rings (SSSR count). The number of amides is 3. The monoisotopic (exact) mass is 520 g/mol. The first kappa shape index (κ1) is 24.1. The molecule has 1 saturated heterocycles. The summed E-state index contributed by atoms with van der Waals surface area (Å²) in [5, 5.41) is 8.99. The largest absolute Gasteiger partial charge is 0.481 e. The number of alkyl halides is 3. The van der Waals surface area contributed by atoms with E-state index in [9.17, 15) is 32.7 Å². The minimum atomic E-state index is -4.74. The van der Waals surface area contributed by atoms with Crippen molar-refractivity contribution in [2.45, 2.75) is 38.0 Å². The summed E-state index contributed by atoms with van der Waals surface area (Å²) in [4.78, 5) is 44.3. The van der Waals surface area contributed by atoms with Crippen molar-refractivity contribution in [3.05, 3.63) is 58.9 Å². The number of benzene rings is 2. The summed E-state index contributed by atoms with van der Waals surface area (Å²) in [5.41, 5.74) is 0.548. The third-order valence-corrected chi connectivity index (χ3v) is 7.19. The number of rotatable bonds is 5. The molecule has 36 heavy (non-hydrogen) atoms. The smallest absolute Gasteiger partial charge is 0.417 e. The van der Waals surface area contributed by atoms with E-state index in [0.717, 1.165) is 41.8 Å². The number of imidazole rings is 1. The van der Waals surface area contributed by atoms with Gasteiger partial charge in [0.05, 0.1) is 34.5 Å². The average molecular weight is 521 g/mol. The molecule has 3 amide bonds.